The molecule has 3 heteroatoms. The summed E-state index contributed by atoms with van der Waals surface area (Å²) < 4.78 is 20.8. The Morgan fingerprint density at radius 3 is 2.42 bits per heavy atom. The zero-order valence-electron chi connectivity index (χ0n) is 18.6. The van der Waals surface area contributed by atoms with Crippen LogP contribution >= 0.6 is 0 Å². The van der Waals surface area contributed by atoms with Crippen LogP contribution in [0.3, 0.4) is 0 Å². The van der Waals surface area contributed by atoms with E-state index >= 15 is 4.39 Å². The third-order valence-corrected chi connectivity index (χ3v) is 6.74. The highest BCUT2D eigenvalue weighted by molar-refractivity contribution is 5.87. The van der Waals surface area contributed by atoms with Crippen molar-refractivity contribution in [1.29, 1.82) is 0 Å². The van der Waals surface area contributed by atoms with Gasteiger partial charge < -0.3 is 4.42 Å². The van der Waals surface area contributed by atoms with E-state index in [1.807, 2.05) is 24.3 Å². The van der Waals surface area contributed by atoms with Crippen molar-refractivity contribution in [3.05, 3.63) is 70.0 Å². The lowest BCUT2D eigenvalue weighted by molar-refractivity contribution is 0.443. The molecule has 0 unspecified atom stereocenters. The van der Waals surface area contributed by atoms with Gasteiger partial charge in [-0.2, -0.15) is 0 Å². The predicted molar refractivity (Wildman–Crippen MR) is 126 cm³/mol. The molecule has 0 bridgehead atoms. The third-order valence-electron chi connectivity index (χ3n) is 6.74. The van der Waals surface area contributed by atoms with Crippen molar-refractivity contribution in [3.63, 3.8) is 0 Å². The molecule has 1 aliphatic carbocycles. The summed E-state index contributed by atoms with van der Waals surface area (Å²) in [5.74, 6) is 0.792. The summed E-state index contributed by atoms with van der Waals surface area (Å²) in [7, 11) is 0. The number of halogens is 1. The Kier molecular flexibility index (Phi) is 7.21. The van der Waals surface area contributed by atoms with Gasteiger partial charge in [-0.1, -0.05) is 88.3 Å². The summed E-state index contributed by atoms with van der Waals surface area (Å²) in [6, 6.07) is 13.7. The van der Waals surface area contributed by atoms with Crippen LogP contribution < -0.4 is 5.63 Å². The molecule has 0 saturated heterocycles. The van der Waals surface area contributed by atoms with Crippen LogP contribution in [-0.2, 0) is 6.42 Å². The van der Waals surface area contributed by atoms with Gasteiger partial charge in [0, 0.05) is 12.0 Å². The lowest BCUT2D eigenvalue weighted by Crippen LogP contribution is -2.06. The molecule has 2 nitrogen and oxygen atoms in total. The summed E-state index contributed by atoms with van der Waals surface area (Å²) in [4.78, 5) is 12.6. The van der Waals surface area contributed by atoms with Crippen molar-refractivity contribution < 1.29 is 8.81 Å². The molecule has 3 aromatic rings. The Morgan fingerprint density at radius 1 is 0.935 bits per heavy atom. The summed E-state index contributed by atoms with van der Waals surface area (Å²) in [6.45, 7) is 2.19. The smallest absolute Gasteiger partial charge is 0.346 e. The minimum absolute atomic E-state index is 0.0589. The molecule has 0 atom stereocenters. The Bertz CT molecular complexity index is 1060. The average molecular weight is 421 g/mol. The van der Waals surface area contributed by atoms with E-state index in [0.717, 1.165) is 24.8 Å². The number of aryl methyl sites for hydroxylation is 1. The molecule has 1 saturated carbocycles. The highest BCUT2D eigenvalue weighted by atomic mass is 19.1. The van der Waals surface area contributed by atoms with Gasteiger partial charge in [0.2, 0.25) is 0 Å². The van der Waals surface area contributed by atoms with Gasteiger partial charge in [-0.15, -0.1) is 0 Å². The van der Waals surface area contributed by atoms with Crippen LogP contribution in [0.5, 0.6) is 0 Å². The standard InChI is InChI=1S/C28H33FO2/c1-2-3-4-5-9-12-24-19-23-17-18-25(27(29)26(23)28(30)31-24)22-15-13-21(14-16-22)20-10-7-6-8-11-20/h13-20H,2-12H2,1H3. The van der Waals surface area contributed by atoms with Gasteiger partial charge >= 0.3 is 5.63 Å². The van der Waals surface area contributed by atoms with Gasteiger partial charge in [-0.25, -0.2) is 9.18 Å². The van der Waals surface area contributed by atoms with Crippen molar-refractivity contribution in [2.45, 2.75) is 83.5 Å². The number of hydrogen-bond donors (Lipinski definition) is 0. The first-order valence-corrected chi connectivity index (χ1v) is 12.0. The summed E-state index contributed by atoms with van der Waals surface area (Å²) >= 11 is 0. The maximum absolute atomic E-state index is 15.3. The molecule has 0 aliphatic heterocycles. The Hall–Kier alpha value is -2.42. The quantitative estimate of drug-likeness (QED) is 0.344. The predicted octanol–water partition coefficient (Wildman–Crippen LogP) is 8.16. The van der Waals surface area contributed by atoms with E-state index in [9.17, 15) is 4.79 Å². The second kappa shape index (κ2) is 10.3. The maximum atomic E-state index is 15.3. The largest absolute Gasteiger partial charge is 0.427 e. The van der Waals surface area contributed by atoms with Crippen molar-refractivity contribution in [2.24, 2.45) is 0 Å². The zero-order chi connectivity index (χ0) is 21.6. The Morgan fingerprint density at radius 2 is 1.68 bits per heavy atom. The third kappa shape index (κ3) is 5.08. The van der Waals surface area contributed by atoms with E-state index < -0.39 is 11.4 Å². The number of unbranched alkanes of at least 4 members (excludes halogenated alkanes) is 4. The first-order valence-electron chi connectivity index (χ1n) is 12.0. The van der Waals surface area contributed by atoms with E-state index in [0.29, 0.717) is 22.6 Å². The molecule has 1 aromatic heterocycles. The van der Waals surface area contributed by atoms with Crippen LogP contribution in [0.15, 0.2) is 51.7 Å². The highest BCUT2D eigenvalue weighted by Gasteiger charge is 2.17. The van der Waals surface area contributed by atoms with E-state index in [1.54, 1.807) is 6.07 Å². The summed E-state index contributed by atoms with van der Waals surface area (Å²) in [5.41, 5.74) is 2.03. The fourth-order valence-corrected chi connectivity index (χ4v) is 4.91. The SMILES string of the molecule is CCCCCCCc1cc2ccc(-c3ccc(C4CCCCC4)cc3)c(F)c2c(=O)o1. The summed E-state index contributed by atoms with van der Waals surface area (Å²) in [6.07, 6.45) is 12.9. The van der Waals surface area contributed by atoms with Gasteiger partial charge in [0.1, 0.15) is 17.0 Å². The molecule has 2 aromatic carbocycles. The Balaban J connectivity index is 1.55. The first-order chi connectivity index (χ1) is 15.2. The van der Waals surface area contributed by atoms with E-state index in [2.05, 4.69) is 19.1 Å². The lowest BCUT2D eigenvalue weighted by Gasteiger charge is -2.22. The van der Waals surface area contributed by atoms with Crippen LogP contribution in [0.4, 0.5) is 4.39 Å². The minimum atomic E-state index is -0.570. The number of rotatable bonds is 8. The van der Waals surface area contributed by atoms with E-state index in [-0.39, 0.29) is 5.39 Å². The maximum Gasteiger partial charge on any atom is 0.346 e. The molecule has 164 valence electrons. The second-order valence-electron chi connectivity index (χ2n) is 9.01. The number of fused-ring (bicyclic) bond motifs is 1. The minimum Gasteiger partial charge on any atom is -0.427 e. The molecule has 0 amide bonds. The average Bonchev–Trinajstić information content (AvgIpc) is 2.80. The molecule has 1 heterocycles. The summed E-state index contributed by atoms with van der Waals surface area (Å²) in [5, 5.41) is 0.684. The molecule has 4 rings (SSSR count). The van der Waals surface area contributed by atoms with Gasteiger partial charge in [0.15, 0.2) is 0 Å². The monoisotopic (exact) mass is 420 g/mol. The van der Waals surface area contributed by atoms with Crippen LogP contribution in [-0.4, -0.2) is 0 Å². The molecule has 31 heavy (non-hydrogen) atoms. The van der Waals surface area contributed by atoms with Crippen LogP contribution in [0.2, 0.25) is 0 Å². The van der Waals surface area contributed by atoms with Gasteiger partial charge in [-0.3, -0.25) is 0 Å². The van der Waals surface area contributed by atoms with Crippen molar-refractivity contribution >= 4 is 10.8 Å². The lowest BCUT2D eigenvalue weighted by atomic mass is 9.83. The fraction of sp³-hybridized carbons (Fsp3) is 0.464. The van der Waals surface area contributed by atoms with E-state index in [1.165, 1.54) is 56.9 Å². The number of benzene rings is 2. The molecular weight excluding hydrogens is 387 g/mol. The van der Waals surface area contributed by atoms with Gasteiger partial charge in [-0.05, 0) is 47.8 Å². The molecule has 0 radical (unpaired) electrons. The van der Waals surface area contributed by atoms with Crippen LogP contribution in [0.25, 0.3) is 21.9 Å². The van der Waals surface area contributed by atoms with Gasteiger partial charge in [0.05, 0.1) is 0 Å². The molecule has 0 N–H and O–H groups in total. The topological polar surface area (TPSA) is 30.2 Å². The van der Waals surface area contributed by atoms with Crippen molar-refractivity contribution in [3.8, 4) is 11.1 Å². The van der Waals surface area contributed by atoms with Crippen molar-refractivity contribution in [2.75, 3.05) is 0 Å². The zero-order valence-corrected chi connectivity index (χ0v) is 18.6. The molecule has 1 fully saturated rings. The normalized spacial score (nSPS) is 14.9. The number of hydrogen-bond acceptors (Lipinski definition) is 2. The molecule has 1 aliphatic rings. The fourth-order valence-electron chi connectivity index (χ4n) is 4.91. The molecule has 0 spiro atoms. The first kappa shape index (κ1) is 21.8. The van der Waals surface area contributed by atoms with E-state index in [4.69, 9.17) is 4.42 Å². The second-order valence-corrected chi connectivity index (χ2v) is 9.01. The van der Waals surface area contributed by atoms with Crippen LogP contribution in [0, 0.1) is 5.82 Å². The molecular formula is C28H33FO2. The van der Waals surface area contributed by atoms with Crippen molar-refractivity contribution in [1.82, 2.24) is 0 Å². The van der Waals surface area contributed by atoms with Crippen LogP contribution in [0.1, 0.15) is 88.4 Å². The van der Waals surface area contributed by atoms with Gasteiger partial charge in [0.25, 0.3) is 0 Å². The Labute approximate surface area is 184 Å². The highest BCUT2D eigenvalue weighted by Crippen LogP contribution is 2.34.